The summed E-state index contributed by atoms with van der Waals surface area (Å²) < 4.78 is 5.15. The molecule has 0 bridgehead atoms. The number of benzene rings is 1. The molecule has 0 saturated heterocycles. The van der Waals surface area contributed by atoms with Gasteiger partial charge in [-0.3, -0.25) is 0 Å². The van der Waals surface area contributed by atoms with Crippen LogP contribution in [-0.4, -0.2) is 11.9 Å². The van der Waals surface area contributed by atoms with E-state index in [1.165, 1.54) is 0 Å². The van der Waals surface area contributed by atoms with Crippen molar-refractivity contribution in [2.75, 3.05) is 6.73 Å². The van der Waals surface area contributed by atoms with Gasteiger partial charge in [0.25, 0.3) is 0 Å². The molecule has 0 heterocycles. The standard InChI is InChI=1S/C8H6ClNOS/c9-7-2-1-3-8(4-7)11-5-10-6-12/h1-4H,5H2. The topological polar surface area (TPSA) is 21.6 Å². The molecule has 0 radical (unpaired) electrons. The van der Waals surface area contributed by atoms with Gasteiger partial charge in [0.1, 0.15) is 5.75 Å². The fourth-order valence-electron chi connectivity index (χ4n) is 0.690. The Balaban J connectivity index is 2.57. The first kappa shape index (κ1) is 9.20. The molecule has 1 rings (SSSR count). The van der Waals surface area contributed by atoms with Crippen molar-refractivity contribution in [2.24, 2.45) is 4.99 Å². The monoisotopic (exact) mass is 199 g/mol. The third kappa shape index (κ3) is 3.01. The highest BCUT2D eigenvalue weighted by Gasteiger charge is 1.91. The quantitative estimate of drug-likeness (QED) is 0.552. The van der Waals surface area contributed by atoms with E-state index >= 15 is 0 Å². The normalized spacial score (nSPS) is 8.75. The highest BCUT2D eigenvalue weighted by molar-refractivity contribution is 7.78. The van der Waals surface area contributed by atoms with E-state index in [1.54, 1.807) is 24.3 Å². The molecule has 0 aliphatic carbocycles. The van der Waals surface area contributed by atoms with Crippen LogP contribution in [0.4, 0.5) is 0 Å². The number of isothiocyanates is 1. The number of nitrogens with zero attached hydrogens (tertiary/aromatic N) is 1. The van der Waals surface area contributed by atoms with Crippen molar-refractivity contribution in [1.29, 1.82) is 0 Å². The summed E-state index contributed by atoms with van der Waals surface area (Å²) in [4.78, 5) is 3.60. The Kier molecular flexibility index (Phi) is 3.74. The Morgan fingerprint density at radius 1 is 1.58 bits per heavy atom. The smallest absolute Gasteiger partial charge is 0.188 e. The van der Waals surface area contributed by atoms with E-state index in [1.807, 2.05) is 0 Å². The molecule has 0 unspecified atom stereocenters. The van der Waals surface area contributed by atoms with E-state index < -0.39 is 0 Å². The molecule has 0 spiro atoms. The minimum Gasteiger partial charge on any atom is -0.471 e. The van der Waals surface area contributed by atoms with E-state index in [0.29, 0.717) is 10.8 Å². The Bertz CT molecular complexity index is 310. The average Bonchev–Trinajstić information content (AvgIpc) is 2.05. The molecule has 0 N–H and O–H groups in total. The molecule has 0 atom stereocenters. The first-order valence-corrected chi connectivity index (χ1v) is 4.03. The number of ether oxygens (including phenoxy) is 1. The molecule has 0 saturated carbocycles. The SMILES string of the molecule is S=C=NCOc1cccc(Cl)c1. The van der Waals surface area contributed by atoms with Crippen LogP contribution < -0.4 is 4.74 Å². The van der Waals surface area contributed by atoms with Crippen LogP contribution in [0.3, 0.4) is 0 Å². The van der Waals surface area contributed by atoms with Crippen LogP contribution >= 0.6 is 23.8 Å². The minimum atomic E-state index is 0.184. The first-order chi connectivity index (χ1) is 5.83. The second-order valence-electron chi connectivity index (χ2n) is 1.98. The van der Waals surface area contributed by atoms with Gasteiger partial charge in [-0.05, 0) is 30.4 Å². The van der Waals surface area contributed by atoms with E-state index in [4.69, 9.17) is 16.3 Å². The van der Waals surface area contributed by atoms with E-state index in [2.05, 4.69) is 22.4 Å². The summed E-state index contributed by atoms with van der Waals surface area (Å²) in [6.07, 6.45) is 0. The van der Waals surface area contributed by atoms with Gasteiger partial charge in [-0.2, -0.15) is 4.99 Å². The lowest BCUT2D eigenvalue weighted by atomic mass is 10.3. The predicted molar refractivity (Wildman–Crippen MR) is 52.0 cm³/mol. The van der Waals surface area contributed by atoms with Crippen molar-refractivity contribution >= 4 is 29.0 Å². The second-order valence-corrected chi connectivity index (χ2v) is 2.60. The van der Waals surface area contributed by atoms with Crippen molar-refractivity contribution in [2.45, 2.75) is 0 Å². The zero-order valence-electron chi connectivity index (χ0n) is 6.16. The summed E-state index contributed by atoms with van der Waals surface area (Å²) in [7, 11) is 0. The Hall–Kier alpha value is -0.890. The number of rotatable bonds is 3. The maximum absolute atomic E-state index is 5.71. The van der Waals surface area contributed by atoms with Gasteiger partial charge >= 0.3 is 0 Å². The predicted octanol–water partition coefficient (Wildman–Crippen LogP) is 2.78. The molecule has 0 amide bonds. The van der Waals surface area contributed by atoms with Gasteiger partial charge in [-0.1, -0.05) is 17.7 Å². The Morgan fingerprint density at radius 2 is 2.42 bits per heavy atom. The fourth-order valence-corrected chi connectivity index (χ4v) is 0.923. The zero-order chi connectivity index (χ0) is 8.81. The van der Waals surface area contributed by atoms with E-state index in [9.17, 15) is 0 Å². The molecule has 1 aromatic rings. The van der Waals surface area contributed by atoms with Crippen LogP contribution in [0.15, 0.2) is 29.3 Å². The Morgan fingerprint density at radius 3 is 3.08 bits per heavy atom. The van der Waals surface area contributed by atoms with Gasteiger partial charge in [0.2, 0.25) is 0 Å². The fraction of sp³-hybridized carbons (Fsp3) is 0.125. The first-order valence-electron chi connectivity index (χ1n) is 3.25. The summed E-state index contributed by atoms with van der Waals surface area (Å²) in [6.45, 7) is 0.184. The van der Waals surface area contributed by atoms with E-state index in [0.717, 1.165) is 0 Å². The lowest BCUT2D eigenvalue weighted by molar-refractivity contribution is 0.332. The van der Waals surface area contributed by atoms with Gasteiger partial charge in [0.15, 0.2) is 6.73 Å². The van der Waals surface area contributed by atoms with Gasteiger partial charge in [0.05, 0.1) is 5.16 Å². The molecule has 62 valence electrons. The summed E-state index contributed by atoms with van der Waals surface area (Å²) in [6, 6.07) is 7.08. The third-order valence-corrected chi connectivity index (χ3v) is 1.52. The highest BCUT2D eigenvalue weighted by atomic mass is 35.5. The van der Waals surface area contributed by atoms with Crippen LogP contribution in [0, 0.1) is 0 Å². The maximum atomic E-state index is 5.71. The average molecular weight is 200 g/mol. The lowest BCUT2D eigenvalue weighted by Crippen LogP contribution is -1.92. The molecule has 12 heavy (non-hydrogen) atoms. The molecule has 0 aliphatic rings. The van der Waals surface area contributed by atoms with Crippen molar-refractivity contribution in [3.05, 3.63) is 29.3 Å². The summed E-state index contributed by atoms with van der Waals surface area (Å²) in [5, 5.41) is 2.84. The van der Waals surface area contributed by atoms with Crippen LogP contribution in [-0.2, 0) is 0 Å². The largest absolute Gasteiger partial charge is 0.471 e. The lowest BCUT2D eigenvalue weighted by Gasteiger charge is -2.00. The van der Waals surface area contributed by atoms with Crippen molar-refractivity contribution in [1.82, 2.24) is 0 Å². The second kappa shape index (κ2) is 4.88. The van der Waals surface area contributed by atoms with Crippen LogP contribution in [0.1, 0.15) is 0 Å². The van der Waals surface area contributed by atoms with Crippen LogP contribution in [0.25, 0.3) is 0 Å². The third-order valence-electron chi connectivity index (χ3n) is 1.16. The van der Waals surface area contributed by atoms with Crippen LogP contribution in [0.2, 0.25) is 5.02 Å². The number of hydrogen-bond donors (Lipinski definition) is 0. The molecule has 0 aliphatic heterocycles. The molecule has 4 heteroatoms. The van der Waals surface area contributed by atoms with Crippen molar-refractivity contribution in [3.63, 3.8) is 0 Å². The summed E-state index contributed by atoms with van der Waals surface area (Å²) in [5.74, 6) is 0.677. The number of hydrogen-bond acceptors (Lipinski definition) is 3. The molecule has 0 fully saturated rings. The summed E-state index contributed by atoms with van der Waals surface area (Å²) in [5.41, 5.74) is 0. The zero-order valence-corrected chi connectivity index (χ0v) is 7.73. The molecule has 0 aromatic heterocycles. The van der Waals surface area contributed by atoms with E-state index in [-0.39, 0.29) is 6.73 Å². The summed E-state index contributed by atoms with van der Waals surface area (Å²) >= 11 is 10.1. The Labute approximate surface area is 80.8 Å². The molecular formula is C8H6ClNOS. The molecule has 2 nitrogen and oxygen atoms in total. The highest BCUT2D eigenvalue weighted by Crippen LogP contribution is 2.16. The molecule has 1 aromatic carbocycles. The number of aliphatic imine (C=N–C) groups is 1. The van der Waals surface area contributed by atoms with Gasteiger partial charge in [0, 0.05) is 5.02 Å². The minimum absolute atomic E-state index is 0.184. The van der Waals surface area contributed by atoms with Gasteiger partial charge < -0.3 is 4.74 Å². The van der Waals surface area contributed by atoms with Crippen molar-refractivity contribution < 1.29 is 4.74 Å². The van der Waals surface area contributed by atoms with Crippen molar-refractivity contribution in [3.8, 4) is 5.75 Å². The number of halogens is 1. The van der Waals surface area contributed by atoms with Gasteiger partial charge in [-0.15, -0.1) is 0 Å². The molecular weight excluding hydrogens is 194 g/mol. The number of thiocarbonyl (C=S) groups is 1. The maximum Gasteiger partial charge on any atom is 0.188 e. The van der Waals surface area contributed by atoms with Gasteiger partial charge in [-0.25, -0.2) is 0 Å². The van der Waals surface area contributed by atoms with Crippen LogP contribution in [0.5, 0.6) is 5.75 Å².